The second-order valence-electron chi connectivity index (χ2n) is 11.2. The van der Waals surface area contributed by atoms with Crippen LogP contribution in [0, 0.1) is 5.92 Å². The lowest BCUT2D eigenvalue weighted by Crippen LogP contribution is -2.51. The standard InChI is InChI=1S/C36H30N2O5/c1-21-19-30-36(26-14-8-9-15-27(26)37-35(36)41)31(34(40)25-20-23(42-2)17-18-29(25)43-3)32(33(39)22-11-5-4-6-12-22)38(30)28-16-10-7-13-24(21)28/h4-20,30-32H,1-3H3,(H,37,41)/t30-,31+,32-,36+/m1/s1. The van der Waals surface area contributed by atoms with E-state index in [0.29, 0.717) is 28.3 Å². The number of methoxy groups -OCH3 is 2. The molecule has 0 bridgehead atoms. The van der Waals surface area contributed by atoms with Gasteiger partial charge in [-0.05, 0) is 48.4 Å². The maximum absolute atomic E-state index is 15.2. The molecule has 1 saturated heterocycles. The quantitative estimate of drug-likeness (QED) is 0.289. The molecule has 1 spiro atoms. The Bertz CT molecular complexity index is 1830. The lowest BCUT2D eigenvalue weighted by atomic mass is 9.63. The molecule has 7 heteroatoms. The Labute approximate surface area is 249 Å². The predicted octanol–water partition coefficient (Wildman–Crippen LogP) is 5.95. The fourth-order valence-electron chi connectivity index (χ4n) is 7.33. The van der Waals surface area contributed by atoms with Gasteiger partial charge in [0.25, 0.3) is 0 Å². The first kappa shape index (κ1) is 26.7. The van der Waals surface area contributed by atoms with Crippen molar-refractivity contribution < 1.29 is 23.9 Å². The van der Waals surface area contributed by atoms with E-state index in [4.69, 9.17) is 9.47 Å². The maximum atomic E-state index is 15.2. The lowest BCUT2D eigenvalue weighted by Gasteiger charge is -2.39. The van der Waals surface area contributed by atoms with Gasteiger partial charge in [0.15, 0.2) is 11.6 Å². The second-order valence-corrected chi connectivity index (χ2v) is 11.2. The number of rotatable bonds is 6. The summed E-state index contributed by atoms with van der Waals surface area (Å²) in [6, 6.07) is 27.7. The number of benzene rings is 4. The lowest BCUT2D eigenvalue weighted by molar-refractivity contribution is -0.121. The number of ketones is 2. The van der Waals surface area contributed by atoms with Crippen LogP contribution < -0.4 is 19.7 Å². The van der Waals surface area contributed by atoms with E-state index in [1.165, 1.54) is 14.2 Å². The van der Waals surface area contributed by atoms with Crippen LogP contribution in [0.2, 0.25) is 0 Å². The number of anilines is 2. The molecule has 43 heavy (non-hydrogen) atoms. The summed E-state index contributed by atoms with van der Waals surface area (Å²) in [6.45, 7) is 2.01. The van der Waals surface area contributed by atoms with Crippen LogP contribution in [-0.2, 0) is 10.2 Å². The van der Waals surface area contributed by atoms with Crippen LogP contribution in [0.15, 0.2) is 103 Å². The first-order chi connectivity index (χ1) is 20.9. The summed E-state index contributed by atoms with van der Waals surface area (Å²) in [6.07, 6.45) is 2.05. The molecule has 0 unspecified atom stereocenters. The number of Topliss-reactive ketones (excluding diaryl/α,β-unsaturated/α-hetero) is 2. The number of allylic oxidation sites excluding steroid dienone is 1. The summed E-state index contributed by atoms with van der Waals surface area (Å²) in [7, 11) is 3.03. The van der Waals surface area contributed by atoms with Gasteiger partial charge in [-0.2, -0.15) is 0 Å². The molecular weight excluding hydrogens is 540 g/mol. The molecule has 7 nitrogen and oxygen atoms in total. The average molecular weight is 571 g/mol. The molecule has 0 saturated carbocycles. The number of para-hydroxylation sites is 2. The van der Waals surface area contributed by atoms with Crippen molar-refractivity contribution in [2.75, 3.05) is 24.4 Å². The Hall–Kier alpha value is -5.17. The molecule has 1 fully saturated rings. The van der Waals surface area contributed by atoms with Crippen molar-refractivity contribution >= 4 is 34.4 Å². The van der Waals surface area contributed by atoms with Gasteiger partial charge >= 0.3 is 0 Å². The van der Waals surface area contributed by atoms with Crippen LogP contribution in [0.25, 0.3) is 5.57 Å². The number of ether oxygens (including phenoxy) is 2. The van der Waals surface area contributed by atoms with E-state index in [1.807, 2.05) is 84.6 Å². The highest BCUT2D eigenvalue weighted by Crippen LogP contribution is 2.59. The van der Waals surface area contributed by atoms with Gasteiger partial charge in [0.1, 0.15) is 23.0 Å². The summed E-state index contributed by atoms with van der Waals surface area (Å²) in [5.74, 6) is -1.20. The number of carbonyl (C=O) groups is 3. The summed E-state index contributed by atoms with van der Waals surface area (Å²) in [4.78, 5) is 46.5. The molecule has 3 aliphatic heterocycles. The highest BCUT2D eigenvalue weighted by Gasteiger charge is 2.70. The highest BCUT2D eigenvalue weighted by atomic mass is 16.5. The van der Waals surface area contributed by atoms with Crippen molar-refractivity contribution in [1.29, 1.82) is 0 Å². The number of amides is 1. The Morgan fingerprint density at radius 2 is 1.56 bits per heavy atom. The van der Waals surface area contributed by atoms with Crippen LogP contribution in [0.3, 0.4) is 0 Å². The monoisotopic (exact) mass is 570 g/mol. The van der Waals surface area contributed by atoms with Crippen molar-refractivity contribution in [3.05, 3.63) is 125 Å². The van der Waals surface area contributed by atoms with Crippen molar-refractivity contribution in [2.24, 2.45) is 5.92 Å². The van der Waals surface area contributed by atoms with E-state index < -0.39 is 23.4 Å². The normalized spacial score (nSPS) is 23.1. The predicted molar refractivity (Wildman–Crippen MR) is 165 cm³/mol. The van der Waals surface area contributed by atoms with Crippen molar-refractivity contribution in [3.8, 4) is 11.5 Å². The third kappa shape index (κ3) is 3.70. The fraction of sp³-hybridized carbons (Fsp3) is 0.194. The molecule has 3 heterocycles. The van der Waals surface area contributed by atoms with E-state index in [0.717, 1.165) is 16.8 Å². The van der Waals surface area contributed by atoms with Crippen LogP contribution in [0.5, 0.6) is 11.5 Å². The molecule has 1 amide bonds. The van der Waals surface area contributed by atoms with E-state index in [1.54, 1.807) is 30.3 Å². The van der Waals surface area contributed by atoms with E-state index in [2.05, 4.69) is 5.32 Å². The zero-order chi connectivity index (χ0) is 29.9. The zero-order valence-electron chi connectivity index (χ0n) is 24.0. The fourth-order valence-corrected chi connectivity index (χ4v) is 7.33. The summed E-state index contributed by atoms with van der Waals surface area (Å²) < 4.78 is 11.1. The number of carbonyl (C=O) groups excluding carboxylic acids is 3. The Morgan fingerprint density at radius 3 is 2.33 bits per heavy atom. The number of fused-ring (bicyclic) bond motifs is 6. The SMILES string of the molecule is COc1ccc(OC)c(C(=O)[C@@H]2[C@H](C(=O)c3ccccc3)N3c4ccccc4C(C)=C[C@@H]3[C@]23C(=O)Nc2ccccc23)c1. The minimum absolute atomic E-state index is 0.234. The van der Waals surface area contributed by atoms with Gasteiger partial charge in [0, 0.05) is 22.5 Å². The Balaban J connectivity index is 1.57. The first-order valence-electron chi connectivity index (χ1n) is 14.2. The third-order valence-electron chi connectivity index (χ3n) is 9.17. The van der Waals surface area contributed by atoms with Crippen molar-refractivity contribution in [1.82, 2.24) is 0 Å². The van der Waals surface area contributed by atoms with E-state index in [9.17, 15) is 9.59 Å². The van der Waals surface area contributed by atoms with Gasteiger partial charge < -0.3 is 19.7 Å². The van der Waals surface area contributed by atoms with E-state index in [-0.39, 0.29) is 23.0 Å². The molecule has 0 aromatic heterocycles. The molecule has 0 aliphatic carbocycles. The number of hydrogen-bond donors (Lipinski definition) is 1. The summed E-state index contributed by atoms with van der Waals surface area (Å²) in [5.41, 5.74) is 3.39. The topological polar surface area (TPSA) is 84.9 Å². The highest BCUT2D eigenvalue weighted by molar-refractivity contribution is 6.19. The molecule has 7 rings (SSSR count). The minimum Gasteiger partial charge on any atom is -0.497 e. The van der Waals surface area contributed by atoms with Gasteiger partial charge in [-0.15, -0.1) is 0 Å². The third-order valence-corrected chi connectivity index (χ3v) is 9.17. The molecule has 3 aliphatic rings. The number of hydrogen-bond acceptors (Lipinski definition) is 6. The van der Waals surface area contributed by atoms with Crippen LogP contribution in [0.1, 0.15) is 38.8 Å². The maximum Gasteiger partial charge on any atom is 0.238 e. The van der Waals surface area contributed by atoms with Gasteiger partial charge in [0.2, 0.25) is 5.91 Å². The second kappa shape index (κ2) is 9.98. The summed E-state index contributed by atoms with van der Waals surface area (Å²) in [5, 5.41) is 3.07. The van der Waals surface area contributed by atoms with Crippen LogP contribution in [-0.4, -0.2) is 43.8 Å². The average Bonchev–Trinajstić information content (AvgIpc) is 3.52. The van der Waals surface area contributed by atoms with E-state index >= 15 is 4.79 Å². The van der Waals surface area contributed by atoms with Gasteiger partial charge in [-0.25, -0.2) is 0 Å². The van der Waals surface area contributed by atoms with Gasteiger partial charge in [0.05, 0.1) is 31.7 Å². The first-order valence-corrected chi connectivity index (χ1v) is 14.2. The minimum atomic E-state index is -1.41. The Morgan fingerprint density at radius 1 is 0.837 bits per heavy atom. The largest absolute Gasteiger partial charge is 0.497 e. The molecular formula is C36H30N2O5. The van der Waals surface area contributed by atoms with Crippen molar-refractivity contribution in [2.45, 2.75) is 24.4 Å². The van der Waals surface area contributed by atoms with Gasteiger partial charge in [-0.3, -0.25) is 14.4 Å². The summed E-state index contributed by atoms with van der Waals surface area (Å²) >= 11 is 0. The molecule has 4 atom stereocenters. The van der Waals surface area contributed by atoms with Crippen LogP contribution >= 0.6 is 0 Å². The number of nitrogens with zero attached hydrogens (tertiary/aromatic N) is 1. The molecule has 1 N–H and O–H groups in total. The Kier molecular flexibility index (Phi) is 6.20. The molecule has 4 aromatic carbocycles. The van der Waals surface area contributed by atoms with Crippen LogP contribution in [0.4, 0.5) is 11.4 Å². The smallest absolute Gasteiger partial charge is 0.238 e. The number of nitrogens with one attached hydrogen (secondary N) is 1. The van der Waals surface area contributed by atoms with Gasteiger partial charge in [-0.1, -0.05) is 72.8 Å². The molecule has 0 radical (unpaired) electrons. The molecule has 214 valence electrons. The zero-order valence-corrected chi connectivity index (χ0v) is 24.0. The molecule has 4 aromatic rings. The van der Waals surface area contributed by atoms with Crippen molar-refractivity contribution in [3.63, 3.8) is 0 Å².